The van der Waals surface area contributed by atoms with Crippen LogP contribution in [-0.4, -0.2) is 14.2 Å². The molecule has 5 heteroatoms. The highest BCUT2D eigenvalue weighted by atomic mass is 79.9. The third kappa shape index (κ3) is 2.23. The minimum absolute atomic E-state index is 0.315. The third-order valence-corrected chi connectivity index (χ3v) is 2.86. The van der Waals surface area contributed by atoms with Gasteiger partial charge in [-0.3, -0.25) is 0 Å². The Labute approximate surface area is 96.5 Å². The van der Waals surface area contributed by atoms with E-state index in [0.29, 0.717) is 21.5 Å². The van der Waals surface area contributed by atoms with E-state index in [0.717, 1.165) is 0 Å². The number of rotatable bonds is 3. The van der Waals surface area contributed by atoms with E-state index in [2.05, 4.69) is 15.9 Å². The predicted octanol–water partition coefficient (Wildman–Crippen LogP) is 2.63. The van der Waals surface area contributed by atoms with E-state index in [1.165, 1.54) is 20.3 Å². The van der Waals surface area contributed by atoms with Crippen molar-refractivity contribution in [2.45, 2.75) is 13.0 Å². The van der Waals surface area contributed by atoms with Crippen LogP contribution in [0.5, 0.6) is 11.5 Å². The second-order valence-electron chi connectivity index (χ2n) is 3.11. The van der Waals surface area contributed by atoms with E-state index in [9.17, 15) is 4.39 Å². The molecule has 1 atom stereocenters. The average molecular weight is 278 g/mol. The predicted molar refractivity (Wildman–Crippen MR) is 59.8 cm³/mol. The molecule has 0 heterocycles. The first-order valence-electron chi connectivity index (χ1n) is 4.38. The van der Waals surface area contributed by atoms with Gasteiger partial charge in [0, 0.05) is 17.7 Å². The number of ether oxygens (including phenoxy) is 2. The molecule has 0 aliphatic heterocycles. The second kappa shape index (κ2) is 4.81. The summed E-state index contributed by atoms with van der Waals surface area (Å²) in [4.78, 5) is 0. The quantitative estimate of drug-likeness (QED) is 0.924. The summed E-state index contributed by atoms with van der Waals surface area (Å²) in [5.74, 6) is 0.381. The van der Waals surface area contributed by atoms with Crippen molar-refractivity contribution in [3.63, 3.8) is 0 Å². The highest BCUT2D eigenvalue weighted by Gasteiger charge is 2.20. The molecule has 0 bridgehead atoms. The van der Waals surface area contributed by atoms with Gasteiger partial charge >= 0.3 is 0 Å². The standard InChI is InChI=1S/C10H13BrFNO2/c1-5(13)8-9(11)6(12)4-7(14-2)10(8)15-3/h4-5H,13H2,1-3H3. The molecular formula is C10H13BrFNO2. The number of nitrogens with two attached hydrogens (primary N) is 1. The Bertz CT molecular complexity index is 369. The summed E-state index contributed by atoms with van der Waals surface area (Å²) in [6, 6.07) is 0.911. The molecule has 0 aromatic heterocycles. The van der Waals surface area contributed by atoms with Gasteiger partial charge in [0.05, 0.1) is 18.7 Å². The van der Waals surface area contributed by atoms with Gasteiger partial charge in [0.15, 0.2) is 11.5 Å². The molecule has 0 fully saturated rings. The van der Waals surface area contributed by atoms with E-state index in [1.54, 1.807) is 6.92 Å². The van der Waals surface area contributed by atoms with Crippen molar-refractivity contribution in [2.75, 3.05) is 14.2 Å². The zero-order valence-electron chi connectivity index (χ0n) is 8.80. The highest BCUT2D eigenvalue weighted by Crippen LogP contribution is 2.40. The monoisotopic (exact) mass is 277 g/mol. The van der Waals surface area contributed by atoms with Gasteiger partial charge in [-0.25, -0.2) is 4.39 Å². The normalized spacial score (nSPS) is 12.4. The van der Waals surface area contributed by atoms with Crippen LogP contribution in [0.1, 0.15) is 18.5 Å². The van der Waals surface area contributed by atoms with E-state index in [-0.39, 0.29) is 6.04 Å². The summed E-state index contributed by atoms with van der Waals surface area (Å²) in [6.07, 6.45) is 0. The van der Waals surface area contributed by atoms with Crippen molar-refractivity contribution in [2.24, 2.45) is 5.73 Å². The van der Waals surface area contributed by atoms with E-state index in [1.807, 2.05) is 0 Å². The number of benzene rings is 1. The molecule has 15 heavy (non-hydrogen) atoms. The van der Waals surface area contributed by atoms with Crippen molar-refractivity contribution in [3.8, 4) is 11.5 Å². The minimum atomic E-state index is -0.417. The van der Waals surface area contributed by atoms with Crippen LogP contribution in [-0.2, 0) is 0 Å². The maximum atomic E-state index is 13.5. The molecule has 3 nitrogen and oxygen atoms in total. The molecule has 0 amide bonds. The number of halogens is 2. The first kappa shape index (κ1) is 12.3. The Morgan fingerprint density at radius 1 is 1.40 bits per heavy atom. The van der Waals surface area contributed by atoms with Crippen LogP contribution in [0, 0.1) is 5.82 Å². The summed E-state index contributed by atoms with van der Waals surface area (Å²) in [5.41, 5.74) is 6.32. The zero-order chi connectivity index (χ0) is 11.6. The van der Waals surface area contributed by atoms with Gasteiger partial charge in [0.25, 0.3) is 0 Å². The van der Waals surface area contributed by atoms with Crippen LogP contribution in [0.4, 0.5) is 4.39 Å². The Kier molecular flexibility index (Phi) is 3.93. The topological polar surface area (TPSA) is 44.5 Å². The smallest absolute Gasteiger partial charge is 0.166 e. The molecule has 1 aromatic rings. The van der Waals surface area contributed by atoms with Crippen LogP contribution >= 0.6 is 15.9 Å². The minimum Gasteiger partial charge on any atom is -0.493 e. The lowest BCUT2D eigenvalue weighted by molar-refractivity contribution is 0.346. The second-order valence-corrected chi connectivity index (χ2v) is 3.90. The first-order valence-corrected chi connectivity index (χ1v) is 5.17. The number of hydrogen-bond donors (Lipinski definition) is 1. The molecule has 0 radical (unpaired) electrons. The van der Waals surface area contributed by atoms with Gasteiger partial charge in [0.2, 0.25) is 0 Å². The van der Waals surface area contributed by atoms with Gasteiger partial charge in [-0.1, -0.05) is 0 Å². The number of methoxy groups -OCH3 is 2. The molecule has 0 aliphatic rings. The molecule has 2 N–H and O–H groups in total. The van der Waals surface area contributed by atoms with Gasteiger partial charge in [-0.05, 0) is 22.9 Å². The third-order valence-electron chi connectivity index (χ3n) is 2.05. The van der Waals surface area contributed by atoms with Crippen LogP contribution in [0.25, 0.3) is 0 Å². The van der Waals surface area contributed by atoms with Crippen molar-refractivity contribution in [1.29, 1.82) is 0 Å². The van der Waals surface area contributed by atoms with Gasteiger partial charge in [-0.2, -0.15) is 0 Å². The van der Waals surface area contributed by atoms with Crippen LogP contribution in [0.15, 0.2) is 10.5 Å². The van der Waals surface area contributed by atoms with Crippen molar-refractivity contribution in [3.05, 3.63) is 21.9 Å². The SMILES string of the molecule is COc1cc(F)c(Br)c(C(C)N)c1OC. The van der Waals surface area contributed by atoms with Crippen molar-refractivity contribution < 1.29 is 13.9 Å². The maximum Gasteiger partial charge on any atom is 0.166 e. The zero-order valence-corrected chi connectivity index (χ0v) is 10.4. The lowest BCUT2D eigenvalue weighted by Crippen LogP contribution is -2.10. The van der Waals surface area contributed by atoms with Crippen molar-refractivity contribution >= 4 is 15.9 Å². The molecule has 84 valence electrons. The number of hydrogen-bond acceptors (Lipinski definition) is 3. The summed E-state index contributed by atoms with van der Waals surface area (Å²) in [6.45, 7) is 1.75. The highest BCUT2D eigenvalue weighted by molar-refractivity contribution is 9.10. The molecular weight excluding hydrogens is 265 g/mol. The van der Waals surface area contributed by atoms with E-state index >= 15 is 0 Å². The average Bonchev–Trinajstić information content (AvgIpc) is 2.20. The summed E-state index contributed by atoms with van der Waals surface area (Å²) in [5, 5.41) is 0. The summed E-state index contributed by atoms with van der Waals surface area (Å²) in [7, 11) is 2.95. The van der Waals surface area contributed by atoms with E-state index in [4.69, 9.17) is 15.2 Å². The van der Waals surface area contributed by atoms with Gasteiger partial charge < -0.3 is 15.2 Å². The molecule has 0 saturated carbocycles. The molecule has 1 unspecified atom stereocenters. The lowest BCUT2D eigenvalue weighted by Gasteiger charge is -2.17. The fourth-order valence-corrected chi connectivity index (χ4v) is 2.03. The first-order chi connectivity index (χ1) is 7.02. The summed E-state index contributed by atoms with van der Waals surface area (Å²) >= 11 is 3.15. The van der Waals surface area contributed by atoms with Gasteiger partial charge in [-0.15, -0.1) is 0 Å². The fourth-order valence-electron chi connectivity index (χ4n) is 1.37. The van der Waals surface area contributed by atoms with Crippen LogP contribution in [0.3, 0.4) is 0 Å². The molecule has 0 spiro atoms. The van der Waals surface area contributed by atoms with Crippen LogP contribution in [0.2, 0.25) is 0 Å². The summed E-state index contributed by atoms with van der Waals surface area (Å²) < 4.78 is 24.0. The Morgan fingerprint density at radius 2 is 2.00 bits per heavy atom. The maximum absolute atomic E-state index is 13.5. The molecule has 1 rings (SSSR count). The van der Waals surface area contributed by atoms with Crippen molar-refractivity contribution in [1.82, 2.24) is 0 Å². The van der Waals surface area contributed by atoms with E-state index < -0.39 is 5.82 Å². The molecule has 0 saturated heterocycles. The van der Waals surface area contributed by atoms with Gasteiger partial charge in [0.1, 0.15) is 5.82 Å². The molecule has 0 aliphatic carbocycles. The fraction of sp³-hybridized carbons (Fsp3) is 0.400. The Morgan fingerprint density at radius 3 is 2.40 bits per heavy atom. The Hall–Kier alpha value is -0.810. The van der Waals surface area contributed by atoms with Crippen LogP contribution < -0.4 is 15.2 Å². The largest absolute Gasteiger partial charge is 0.493 e. The Balaban J connectivity index is 3.49. The molecule has 1 aromatic carbocycles. The lowest BCUT2D eigenvalue weighted by atomic mass is 10.1.